The third-order valence-electron chi connectivity index (χ3n) is 4.06. The third kappa shape index (κ3) is 3.79. The molecule has 3 rings (SSSR count). The molecule has 0 N–H and O–H groups in total. The largest absolute Gasteiger partial charge is 0.496 e. The van der Waals surface area contributed by atoms with Crippen molar-refractivity contribution in [1.29, 1.82) is 0 Å². The molecule has 1 aliphatic heterocycles. The summed E-state index contributed by atoms with van der Waals surface area (Å²) in [6.07, 6.45) is 4.26. The molecule has 24 heavy (non-hydrogen) atoms. The molecule has 126 valence electrons. The predicted molar refractivity (Wildman–Crippen MR) is 91.6 cm³/mol. The van der Waals surface area contributed by atoms with Crippen molar-refractivity contribution in [2.75, 3.05) is 20.2 Å². The fourth-order valence-electron chi connectivity index (χ4n) is 2.81. The number of ether oxygens (including phenoxy) is 2. The fourth-order valence-corrected chi connectivity index (χ4v) is 2.98. The first-order valence-corrected chi connectivity index (χ1v) is 8.21. The molecule has 0 unspecified atom stereocenters. The predicted octanol–water partition coefficient (Wildman–Crippen LogP) is 2.97. The first-order valence-electron chi connectivity index (χ1n) is 7.83. The molecule has 1 atom stereocenters. The Morgan fingerprint density at radius 3 is 2.96 bits per heavy atom. The molecule has 0 aliphatic carbocycles. The summed E-state index contributed by atoms with van der Waals surface area (Å²) >= 11 is 6.06. The van der Waals surface area contributed by atoms with Gasteiger partial charge in [-0.25, -0.2) is 0 Å². The Hall–Kier alpha value is -2.27. The standard InChI is InChI=1S/C18H19ClN2O3/c1-23-16-5-3-2-4-13(16)10-18(22)21-9-7-14(12-21)24-17-6-8-20-11-15(17)19/h2-6,8,11,14H,7,9-10,12H2,1H3/t14-/m0/s1. The Kier molecular flexibility index (Phi) is 5.20. The zero-order chi connectivity index (χ0) is 16.9. The van der Waals surface area contributed by atoms with Crippen LogP contribution in [0.2, 0.25) is 5.02 Å². The molecule has 5 nitrogen and oxygen atoms in total. The van der Waals surface area contributed by atoms with Crippen LogP contribution in [0.3, 0.4) is 0 Å². The van der Waals surface area contributed by atoms with Gasteiger partial charge in [0.25, 0.3) is 0 Å². The zero-order valence-corrected chi connectivity index (χ0v) is 14.2. The lowest BCUT2D eigenvalue weighted by molar-refractivity contribution is -0.129. The Bertz CT molecular complexity index is 723. The molecule has 1 aromatic carbocycles. The van der Waals surface area contributed by atoms with Crippen LogP contribution >= 0.6 is 11.6 Å². The quantitative estimate of drug-likeness (QED) is 0.835. The van der Waals surface area contributed by atoms with E-state index in [0.29, 0.717) is 30.3 Å². The lowest BCUT2D eigenvalue weighted by Crippen LogP contribution is -2.32. The summed E-state index contributed by atoms with van der Waals surface area (Å²) in [5, 5.41) is 0.483. The van der Waals surface area contributed by atoms with Crippen LogP contribution in [0.4, 0.5) is 0 Å². The Morgan fingerprint density at radius 1 is 1.33 bits per heavy atom. The van der Waals surface area contributed by atoms with E-state index in [1.54, 1.807) is 25.6 Å². The summed E-state index contributed by atoms with van der Waals surface area (Å²) in [5.74, 6) is 1.42. The van der Waals surface area contributed by atoms with Crippen LogP contribution in [0.15, 0.2) is 42.7 Å². The second kappa shape index (κ2) is 7.53. The number of nitrogens with zero attached hydrogens (tertiary/aromatic N) is 2. The van der Waals surface area contributed by atoms with Gasteiger partial charge in [-0.1, -0.05) is 29.8 Å². The number of amides is 1. The van der Waals surface area contributed by atoms with E-state index in [2.05, 4.69) is 4.98 Å². The monoisotopic (exact) mass is 346 g/mol. The van der Waals surface area contributed by atoms with Gasteiger partial charge in [-0.15, -0.1) is 0 Å². The number of para-hydroxylation sites is 1. The summed E-state index contributed by atoms with van der Waals surface area (Å²) in [4.78, 5) is 18.3. The van der Waals surface area contributed by atoms with E-state index in [1.807, 2.05) is 29.2 Å². The van der Waals surface area contributed by atoms with Crippen LogP contribution in [0, 0.1) is 0 Å². The number of aromatic nitrogens is 1. The summed E-state index contributed by atoms with van der Waals surface area (Å²) < 4.78 is 11.2. The average molecular weight is 347 g/mol. The van der Waals surface area contributed by atoms with Crippen molar-refractivity contribution in [3.8, 4) is 11.5 Å². The highest BCUT2D eigenvalue weighted by atomic mass is 35.5. The van der Waals surface area contributed by atoms with Crippen molar-refractivity contribution in [2.24, 2.45) is 0 Å². The first-order chi connectivity index (χ1) is 11.7. The van der Waals surface area contributed by atoms with Crippen molar-refractivity contribution < 1.29 is 14.3 Å². The summed E-state index contributed by atoms with van der Waals surface area (Å²) in [6.45, 7) is 1.24. The number of hydrogen-bond acceptors (Lipinski definition) is 4. The van der Waals surface area contributed by atoms with Gasteiger partial charge >= 0.3 is 0 Å². The van der Waals surface area contributed by atoms with Crippen molar-refractivity contribution in [1.82, 2.24) is 9.88 Å². The third-order valence-corrected chi connectivity index (χ3v) is 4.34. The molecule has 2 aromatic rings. The van der Waals surface area contributed by atoms with Crippen LogP contribution in [0.5, 0.6) is 11.5 Å². The van der Waals surface area contributed by atoms with E-state index in [4.69, 9.17) is 21.1 Å². The molecule has 1 aromatic heterocycles. The van der Waals surface area contributed by atoms with Gasteiger partial charge in [0, 0.05) is 37.0 Å². The van der Waals surface area contributed by atoms with Crippen LogP contribution in [-0.2, 0) is 11.2 Å². The van der Waals surface area contributed by atoms with Gasteiger partial charge < -0.3 is 14.4 Å². The normalized spacial score (nSPS) is 16.9. The van der Waals surface area contributed by atoms with E-state index in [0.717, 1.165) is 17.7 Å². The highest BCUT2D eigenvalue weighted by Crippen LogP contribution is 2.26. The Labute approximate surface area is 146 Å². The van der Waals surface area contributed by atoms with E-state index in [1.165, 1.54) is 0 Å². The molecule has 0 saturated carbocycles. The highest BCUT2D eigenvalue weighted by molar-refractivity contribution is 6.31. The Balaban J connectivity index is 1.59. The average Bonchev–Trinajstić information content (AvgIpc) is 3.06. The smallest absolute Gasteiger partial charge is 0.227 e. The molecule has 1 amide bonds. The number of rotatable bonds is 5. The van der Waals surface area contributed by atoms with Crippen molar-refractivity contribution in [3.63, 3.8) is 0 Å². The van der Waals surface area contributed by atoms with Gasteiger partial charge in [-0.2, -0.15) is 0 Å². The maximum atomic E-state index is 12.5. The van der Waals surface area contributed by atoms with Crippen LogP contribution in [-0.4, -0.2) is 42.1 Å². The van der Waals surface area contributed by atoms with Gasteiger partial charge in [-0.3, -0.25) is 9.78 Å². The summed E-state index contributed by atoms with van der Waals surface area (Å²) in [5.41, 5.74) is 0.895. The van der Waals surface area contributed by atoms with Gasteiger partial charge in [-0.05, 0) is 6.07 Å². The summed E-state index contributed by atoms with van der Waals surface area (Å²) in [6, 6.07) is 9.32. The number of methoxy groups -OCH3 is 1. The van der Waals surface area contributed by atoms with Gasteiger partial charge in [0.1, 0.15) is 22.6 Å². The first kappa shape index (κ1) is 16.6. The van der Waals surface area contributed by atoms with Crippen molar-refractivity contribution in [2.45, 2.75) is 18.9 Å². The molecule has 0 spiro atoms. The number of pyridine rings is 1. The SMILES string of the molecule is COc1ccccc1CC(=O)N1CC[C@H](Oc2ccncc2Cl)C1. The van der Waals surface area contributed by atoms with Crippen molar-refractivity contribution in [3.05, 3.63) is 53.3 Å². The van der Waals surface area contributed by atoms with Gasteiger partial charge in [0.05, 0.1) is 20.1 Å². The fraction of sp³-hybridized carbons (Fsp3) is 0.333. The number of benzene rings is 1. The number of carbonyl (C=O) groups excluding carboxylic acids is 1. The lowest BCUT2D eigenvalue weighted by atomic mass is 10.1. The van der Waals surface area contributed by atoms with Gasteiger partial charge in [0.2, 0.25) is 5.91 Å². The van der Waals surface area contributed by atoms with E-state index in [-0.39, 0.29) is 12.0 Å². The van der Waals surface area contributed by atoms with Crippen LogP contribution in [0.1, 0.15) is 12.0 Å². The Morgan fingerprint density at radius 2 is 2.17 bits per heavy atom. The second-order valence-electron chi connectivity index (χ2n) is 5.66. The number of carbonyl (C=O) groups is 1. The molecule has 0 radical (unpaired) electrons. The molecule has 1 saturated heterocycles. The zero-order valence-electron chi connectivity index (χ0n) is 13.4. The minimum Gasteiger partial charge on any atom is -0.496 e. The summed E-state index contributed by atoms with van der Waals surface area (Å²) in [7, 11) is 1.61. The van der Waals surface area contributed by atoms with E-state index in [9.17, 15) is 4.79 Å². The molecule has 6 heteroatoms. The maximum absolute atomic E-state index is 12.5. The second-order valence-corrected chi connectivity index (χ2v) is 6.07. The molecular formula is C18H19ClN2O3. The van der Waals surface area contributed by atoms with E-state index >= 15 is 0 Å². The minimum absolute atomic E-state index is 0.0495. The molecular weight excluding hydrogens is 328 g/mol. The minimum atomic E-state index is -0.0495. The highest BCUT2D eigenvalue weighted by Gasteiger charge is 2.28. The maximum Gasteiger partial charge on any atom is 0.227 e. The molecule has 1 aliphatic rings. The number of likely N-dealkylation sites (tertiary alicyclic amines) is 1. The van der Waals surface area contributed by atoms with Crippen LogP contribution < -0.4 is 9.47 Å². The molecule has 1 fully saturated rings. The molecule has 2 heterocycles. The van der Waals surface area contributed by atoms with E-state index < -0.39 is 0 Å². The lowest BCUT2D eigenvalue weighted by Gasteiger charge is -2.18. The molecule has 0 bridgehead atoms. The topological polar surface area (TPSA) is 51.7 Å². The van der Waals surface area contributed by atoms with Gasteiger partial charge in [0.15, 0.2) is 0 Å². The van der Waals surface area contributed by atoms with Crippen molar-refractivity contribution >= 4 is 17.5 Å². The van der Waals surface area contributed by atoms with Crippen LogP contribution in [0.25, 0.3) is 0 Å². The number of hydrogen-bond donors (Lipinski definition) is 0. The number of halogens is 1.